The largest absolute Gasteiger partial charge is 0.325 e. The maximum Gasteiger partial charge on any atom is 0.0297 e. The standard InChI is InChI=1S/C13H18N2/c14-13-8-15(9-13)7-10-1-3-11(4-2-10)12-5-6-12/h1-4,12-13H,5-9,14H2. The van der Waals surface area contributed by atoms with E-state index in [1.54, 1.807) is 0 Å². The Morgan fingerprint density at radius 3 is 2.33 bits per heavy atom. The number of rotatable bonds is 3. The SMILES string of the molecule is NC1CN(Cc2ccc(C3CC3)cc2)C1. The molecule has 80 valence electrons. The summed E-state index contributed by atoms with van der Waals surface area (Å²) in [6.07, 6.45) is 2.78. The van der Waals surface area contributed by atoms with Gasteiger partial charge in [0.25, 0.3) is 0 Å². The summed E-state index contributed by atoms with van der Waals surface area (Å²) in [7, 11) is 0. The van der Waals surface area contributed by atoms with E-state index in [-0.39, 0.29) is 0 Å². The van der Waals surface area contributed by atoms with Crippen molar-refractivity contribution in [2.24, 2.45) is 5.73 Å². The average molecular weight is 202 g/mol. The minimum atomic E-state index is 0.413. The summed E-state index contributed by atoms with van der Waals surface area (Å²) in [6.45, 7) is 3.19. The minimum absolute atomic E-state index is 0.413. The molecule has 2 fully saturated rings. The van der Waals surface area contributed by atoms with Crippen LogP contribution in [-0.4, -0.2) is 24.0 Å². The summed E-state index contributed by atoms with van der Waals surface area (Å²) in [5.41, 5.74) is 8.70. The summed E-state index contributed by atoms with van der Waals surface area (Å²) in [4.78, 5) is 2.40. The van der Waals surface area contributed by atoms with Gasteiger partial charge < -0.3 is 5.73 Å². The lowest BCUT2D eigenvalue weighted by Crippen LogP contribution is -2.54. The second-order valence-electron chi connectivity index (χ2n) is 4.97. The van der Waals surface area contributed by atoms with Crippen LogP contribution in [0.15, 0.2) is 24.3 Å². The summed E-state index contributed by atoms with van der Waals surface area (Å²) in [6, 6.07) is 9.56. The Hall–Kier alpha value is -0.860. The van der Waals surface area contributed by atoms with Gasteiger partial charge in [0, 0.05) is 25.7 Å². The second-order valence-corrected chi connectivity index (χ2v) is 4.97. The van der Waals surface area contributed by atoms with Crippen LogP contribution in [0.3, 0.4) is 0 Å². The van der Waals surface area contributed by atoms with Crippen LogP contribution in [0, 0.1) is 0 Å². The van der Waals surface area contributed by atoms with Crippen molar-refractivity contribution in [3.8, 4) is 0 Å². The molecule has 2 nitrogen and oxygen atoms in total. The number of nitrogens with zero attached hydrogens (tertiary/aromatic N) is 1. The molecule has 15 heavy (non-hydrogen) atoms. The Kier molecular flexibility index (Phi) is 2.26. The van der Waals surface area contributed by atoms with Crippen molar-refractivity contribution in [1.29, 1.82) is 0 Å². The monoisotopic (exact) mass is 202 g/mol. The Labute approximate surface area is 91.1 Å². The van der Waals surface area contributed by atoms with Gasteiger partial charge in [-0.2, -0.15) is 0 Å². The Morgan fingerprint density at radius 1 is 1.13 bits per heavy atom. The molecule has 1 aromatic carbocycles. The highest BCUT2D eigenvalue weighted by Gasteiger charge is 2.24. The van der Waals surface area contributed by atoms with Gasteiger partial charge in [0.1, 0.15) is 0 Å². The normalized spacial score (nSPS) is 22.7. The third-order valence-corrected chi connectivity index (χ3v) is 3.42. The number of benzene rings is 1. The minimum Gasteiger partial charge on any atom is -0.325 e. The van der Waals surface area contributed by atoms with Crippen LogP contribution in [0.2, 0.25) is 0 Å². The van der Waals surface area contributed by atoms with E-state index in [1.807, 2.05) is 0 Å². The van der Waals surface area contributed by atoms with Gasteiger partial charge >= 0.3 is 0 Å². The van der Waals surface area contributed by atoms with Crippen molar-refractivity contribution < 1.29 is 0 Å². The van der Waals surface area contributed by atoms with Crippen molar-refractivity contribution in [3.63, 3.8) is 0 Å². The lowest BCUT2D eigenvalue weighted by molar-refractivity contribution is 0.142. The topological polar surface area (TPSA) is 29.3 Å². The van der Waals surface area contributed by atoms with Crippen molar-refractivity contribution in [2.75, 3.05) is 13.1 Å². The van der Waals surface area contributed by atoms with E-state index in [0.717, 1.165) is 25.6 Å². The summed E-state index contributed by atoms with van der Waals surface area (Å²) in [5, 5.41) is 0. The Balaban J connectivity index is 1.60. The van der Waals surface area contributed by atoms with Gasteiger partial charge in [-0.3, -0.25) is 4.90 Å². The van der Waals surface area contributed by atoms with Gasteiger partial charge in [-0.1, -0.05) is 24.3 Å². The lowest BCUT2D eigenvalue weighted by atomic mass is 10.1. The fourth-order valence-corrected chi connectivity index (χ4v) is 2.31. The van der Waals surface area contributed by atoms with Gasteiger partial charge in [0.15, 0.2) is 0 Å². The van der Waals surface area contributed by atoms with E-state index in [9.17, 15) is 0 Å². The number of nitrogens with two attached hydrogens (primary N) is 1. The van der Waals surface area contributed by atoms with Gasteiger partial charge in [0.2, 0.25) is 0 Å². The number of likely N-dealkylation sites (tertiary alicyclic amines) is 1. The summed E-state index contributed by atoms with van der Waals surface area (Å²) < 4.78 is 0. The van der Waals surface area contributed by atoms with Crippen LogP contribution in [0.25, 0.3) is 0 Å². The molecule has 0 amide bonds. The van der Waals surface area contributed by atoms with E-state index in [4.69, 9.17) is 5.73 Å². The van der Waals surface area contributed by atoms with Crippen LogP contribution in [0.5, 0.6) is 0 Å². The van der Waals surface area contributed by atoms with Crippen molar-refractivity contribution >= 4 is 0 Å². The summed E-state index contributed by atoms with van der Waals surface area (Å²) in [5.74, 6) is 0.872. The highest BCUT2D eigenvalue weighted by Crippen LogP contribution is 2.39. The first-order chi connectivity index (χ1) is 7.31. The van der Waals surface area contributed by atoms with Crippen LogP contribution < -0.4 is 5.73 Å². The lowest BCUT2D eigenvalue weighted by Gasteiger charge is -2.36. The maximum absolute atomic E-state index is 5.75. The molecule has 0 atom stereocenters. The zero-order chi connectivity index (χ0) is 10.3. The number of hydrogen-bond donors (Lipinski definition) is 1. The van der Waals surface area contributed by atoms with E-state index >= 15 is 0 Å². The van der Waals surface area contributed by atoms with E-state index in [2.05, 4.69) is 29.2 Å². The van der Waals surface area contributed by atoms with Gasteiger partial charge in [0.05, 0.1) is 0 Å². The van der Waals surface area contributed by atoms with E-state index in [1.165, 1.54) is 24.0 Å². The molecular formula is C13H18N2. The molecule has 0 bridgehead atoms. The van der Waals surface area contributed by atoms with E-state index in [0.29, 0.717) is 6.04 Å². The fourth-order valence-electron chi connectivity index (χ4n) is 2.31. The van der Waals surface area contributed by atoms with Crippen LogP contribution in [-0.2, 0) is 6.54 Å². The maximum atomic E-state index is 5.75. The van der Waals surface area contributed by atoms with Crippen molar-refractivity contribution in [2.45, 2.75) is 31.3 Å². The number of hydrogen-bond acceptors (Lipinski definition) is 2. The van der Waals surface area contributed by atoms with Crippen LogP contribution in [0.1, 0.15) is 29.9 Å². The molecule has 2 N–H and O–H groups in total. The Morgan fingerprint density at radius 2 is 1.80 bits per heavy atom. The molecule has 3 rings (SSSR count). The molecule has 0 aromatic heterocycles. The molecular weight excluding hydrogens is 184 g/mol. The third kappa shape index (κ3) is 2.06. The van der Waals surface area contributed by atoms with E-state index < -0.39 is 0 Å². The van der Waals surface area contributed by atoms with Gasteiger partial charge in [-0.25, -0.2) is 0 Å². The van der Waals surface area contributed by atoms with Gasteiger partial charge in [-0.15, -0.1) is 0 Å². The Bertz CT molecular complexity index is 334. The molecule has 0 unspecified atom stereocenters. The summed E-state index contributed by atoms with van der Waals surface area (Å²) >= 11 is 0. The third-order valence-electron chi connectivity index (χ3n) is 3.42. The van der Waals surface area contributed by atoms with Crippen LogP contribution in [0.4, 0.5) is 0 Å². The average Bonchev–Trinajstić information content (AvgIpc) is 3.00. The molecule has 1 aliphatic heterocycles. The second kappa shape index (κ2) is 3.62. The first-order valence-electron chi connectivity index (χ1n) is 5.88. The highest BCUT2D eigenvalue weighted by atomic mass is 15.2. The molecule has 0 spiro atoms. The fraction of sp³-hybridized carbons (Fsp3) is 0.538. The molecule has 1 saturated carbocycles. The first kappa shape index (κ1) is 9.37. The first-order valence-corrected chi connectivity index (χ1v) is 5.88. The molecule has 1 heterocycles. The van der Waals surface area contributed by atoms with Crippen LogP contribution >= 0.6 is 0 Å². The molecule has 1 aliphatic carbocycles. The highest BCUT2D eigenvalue weighted by molar-refractivity contribution is 5.28. The van der Waals surface area contributed by atoms with Crippen molar-refractivity contribution in [3.05, 3.63) is 35.4 Å². The molecule has 1 saturated heterocycles. The molecule has 2 aliphatic rings. The smallest absolute Gasteiger partial charge is 0.0297 e. The quantitative estimate of drug-likeness (QED) is 0.808. The van der Waals surface area contributed by atoms with Crippen molar-refractivity contribution in [1.82, 2.24) is 4.90 Å². The zero-order valence-corrected chi connectivity index (χ0v) is 9.02. The molecule has 0 radical (unpaired) electrons. The predicted octanol–water partition coefficient (Wildman–Crippen LogP) is 1.71. The predicted molar refractivity (Wildman–Crippen MR) is 61.7 cm³/mol. The van der Waals surface area contributed by atoms with Gasteiger partial charge in [-0.05, 0) is 29.9 Å². The molecule has 2 heteroatoms. The molecule has 1 aromatic rings. The zero-order valence-electron chi connectivity index (χ0n) is 9.02.